The highest BCUT2D eigenvalue weighted by molar-refractivity contribution is 6.00. The van der Waals surface area contributed by atoms with E-state index in [4.69, 9.17) is 14.6 Å². The maximum absolute atomic E-state index is 11.5. The molecule has 2 rings (SSSR count). The summed E-state index contributed by atoms with van der Waals surface area (Å²) in [6.07, 6.45) is -8.06. The van der Waals surface area contributed by atoms with Crippen molar-refractivity contribution in [2.75, 3.05) is 6.61 Å². The summed E-state index contributed by atoms with van der Waals surface area (Å²) in [6, 6.07) is 0.746. The van der Waals surface area contributed by atoms with Crippen LogP contribution in [0.15, 0.2) is 6.07 Å². The van der Waals surface area contributed by atoms with Crippen LogP contribution in [0.2, 0.25) is 0 Å². The lowest BCUT2D eigenvalue weighted by Crippen LogP contribution is -2.60. The minimum absolute atomic E-state index is 0.521. The van der Waals surface area contributed by atoms with Crippen LogP contribution in [0.25, 0.3) is 0 Å². The highest BCUT2D eigenvalue weighted by Gasteiger charge is 2.45. The summed E-state index contributed by atoms with van der Waals surface area (Å²) in [4.78, 5) is 11.5. The smallest absolute Gasteiger partial charge is 0.229 e. The number of ether oxygens (including phenoxy) is 2. The Morgan fingerprint density at radius 1 is 1.12 bits per heavy atom. The third-order valence-corrected chi connectivity index (χ3v) is 3.65. The number of Topliss-reactive ketones (excluding diaryl/α,β-unsaturated/α-hetero) is 1. The number of phenols is 3. The standard InChI is InChI=1S/C14H18O10/c1-4(16)8-5(17)2-6(18)13(10(8)20)24-14-12(22)11(21)9(19)7(3-15)23-14/h2,7,9,11-12,14-15,17-22H,3H2,1H3/t7-,9-,11+,12-,14+/m1/s1. The molecule has 5 atom stereocenters. The predicted octanol–water partition coefficient (Wildman–Crippen LogP) is -1.82. The van der Waals surface area contributed by atoms with Crippen LogP contribution in [-0.4, -0.2) is 78.8 Å². The predicted molar refractivity (Wildman–Crippen MR) is 75.8 cm³/mol. The Kier molecular flexibility index (Phi) is 5.16. The largest absolute Gasteiger partial charge is 0.507 e. The first-order valence-electron chi connectivity index (χ1n) is 6.95. The zero-order chi connectivity index (χ0) is 18.2. The van der Waals surface area contributed by atoms with E-state index in [9.17, 15) is 35.4 Å². The molecule has 1 aromatic carbocycles. The molecule has 0 unspecified atom stereocenters. The summed E-state index contributed by atoms with van der Waals surface area (Å²) in [5.74, 6) is -3.73. The highest BCUT2D eigenvalue weighted by Crippen LogP contribution is 2.44. The fraction of sp³-hybridized carbons (Fsp3) is 0.500. The molecule has 1 aliphatic rings. The van der Waals surface area contributed by atoms with Crippen LogP contribution in [0.1, 0.15) is 17.3 Å². The molecule has 0 aromatic heterocycles. The highest BCUT2D eigenvalue weighted by atomic mass is 16.7. The first kappa shape index (κ1) is 18.2. The summed E-state index contributed by atoms with van der Waals surface area (Å²) in [5, 5.41) is 67.7. The van der Waals surface area contributed by atoms with Crippen molar-refractivity contribution in [1.29, 1.82) is 0 Å². The van der Waals surface area contributed by atoms with E-state index in [0.29, 0.717) is 0 Å². The summed E-state index contributed by atoms with van der Waals surface area (Å²) < 4.78 is 10.2. The fourth-order valence-electron chi connectivity index (χ4n) is 2.37. The maximum atomic E-state index is 11.5. The molecule has 134 valence electrons. The molecule has 0 spiro atoms. The van der Waals surface area contributed by atoms with E-state index in [1.54, 1.807) is 0 Å². The van der Waals surface area contributed by atoms with Crippen LogP contribution < -0.4 is 4.74 Å². The molecule has 1 aromatic rings. The first-order chi connectivity index (χ1) is 11.2. The van der Waals surface area contributed by atoms with Gasteiger partial charge < -0.3 is 45.2 Å². The van der Waals surface area contributed by atoms with Gasteiger partial charge in [-0.05, 0) is 6.92 Å². The molecule has 0 aliphatic carbocycles. The molecule has 7 N–H and O–H groups in total. The van der Waals surface area contributed by atoms with Gasteiger partial charge in [0.25, 0.3) is 0 Å². The Bertz CT molecular complexity index is 628. The summed E-state index contributed by atoms with van der Waals surface area (Å²) in [5.41, 5.74) is -0.521. The molecule has 0 saturated carbocycles. The number of hydrogen-bond donors (Lipinski definition) is 7. The van der Waals surface area contributed by atoms with Crippen molar-refractivity contribution < 1.29 is 50.0 Å². The number of aromatic hydroxyl groups is 3. The van der Waals surface area contributed by atoms with Gasteiger partial charge in [-0.3, -0.25) is 4.79 Å². The maximum Gasteiger partial charge on any atom is 0.229 e. The second-order valence-electron chi connectivity index (χ2n) is 5.34. The van der Waals surface area contributed by atoms with Crippen molar-refractivity contribution in [3.05, 3.63) is 11.6 Å². The number of ketones is 1. The van der Waals surface area contributed by atoms with E-state index < -0.39 is 71.7 Å². The van der Waals surface area contributed by atoms with Gasteiger partial charge >= 0.3 is 0 Å². The lowest BCUT2D eigenvalue weighted by atomic mass is 9.99. The van der Waals surface area contributed by atoms with Crippen LogP contribution in [0.5, 0.6) is 23.0 Å². The zero-order valence-corrected chi connectivity index (χ0v) is 12.5. The average molecular weight is 346 g/mol. The Morgan fingerprint density at radius 2 is 1.75 bits per heavy atom. The van der Waals surface area contributed by atoms with Gasteiger partial charge in [-0.1, -0.05) is 0 Å². The lowest BCUT2D eigenvalue weighted by Gasteiger charge is -2.39. The Balaban J connectivity index is 2.37. The molecule has 1 aliphatic heterocycles. The van der Waals surface area contributed by atoms with Crippen LogP contribution in [0.3, 0.4) is 0 Å². The van der Waals surface area contributed by atoms with Crippen LogP contribution in [0, 0.1) is 0 Å². The number of benzene rings is 1. The van der Waals surface area contributed by atoms with Crippen molar-refractivity contribution in [3.63, 3.8) is 0 Å². The summed E-state index contributed by atoms with van der Waals surface area (Å²) >= 11 is 0. The van der Waals surface area contributed by atoms with Crippen LogP contribution >= 0.6 is 0 Å². The van der Waals surface area contributed by atoms with E-state index in [0.717, 1.165) is 13.0 Å². The molecule has 0 bridgehead atoms. The van der Waals surface area contributed by atoms with Crippen molar-refractivity contribution >= 4 is 5.78 Å². The van der Waals surface area contributed by atoms with E-state index in [2.05, 4.69) is 0 Å². The first-order valence-corrected chi connectivity index (χ1v) is 6.95. The second-order valence-corrected chi connectivity index (χ2v) is 5.34. The Labute approximate surface area is 135 Å². The summed E-state index contributed by atoms with van der Waals surface area (Å²) in [7, 11) is 0. The minimum atomic E-state index is -1.78. The minimum Gasteiger partial charge on any atom is -0.507 e. The van der Waals surface area contributed by atoms with Crippen LogP contribution in [-0.2, 0) is 4.74 Å². The molecular weight excluding hydrogens is 328 g/mol. The number of rotatable bonds is 4. The third kappa shape index (κ3) is 3.09. The van der Waals surface area contributed by atoms with Crippen LogP contribution in [0.4, 0.5) is 0 Å². The zero-order valence-electron chi connectivity index (χ0n) is 12.5. The SMILES string of the molecule is CC(=O)c1c(O)cc(O)c(O[C@@H]2O[C@H](CO)[C@@H](O)[C@H](O)[C@H]2O)c1O. The molecule has 0 amide bonds. The number of phenolic OH excluding ortho intramolecular Hbond substituents is 3. The molecule has 0 radical (unpaired) electrons. The number of carbonyl (C=O) groups excluding carboxylic acids is 1. The van der Waals surface area contributed by atoms with Crippen molar-refractivity contribution in [3.8, 4) is 23.0 Å². The quantitative estimate of drug-likeness (QED) is 0.307. The van der Waals surface area contributed by atoms with E-state index >= 15 is 0 Å². The Hall–Kier alpha value is -2.11. The van der Waals surface area contributed by atoms with Gasteiger partial charge in [-0.2, -0.15) is 0 Å². The lowest BCUT2D eigenvalue weighted by molar-refractivity contribution is -0.277. The van der Waals surface area contributed by atoms with Gasteiger partial charge in [0.05, 0.1) is 6.61 Å². The molecule has 24 heavy (non-hydrogen) atoms. The monoisotopic (exact) mass is 346 g/mol. The summed E-state index contributed by atoms with van der Waals surface area (Å²) in [6.45, 7) is 0.362. The molecular formula is C14H18O10. The normalized spacial score (nSPS) is 30.1. The number of aliphatic hydroxyl groups is 4. The molecule has 1 heterocycles. The van der Waals surface area contributed by atoms with Gasteiger partial charge in [-0.25, -0.2) is 0 Å². The number of carbonyl (C=O) groups is 1. The van der Waals surface area contributed by atoms with Gasteiger partial charge in [0.2, 0.25) is 12.0 Å². The van der Waals surface area contributed by atoms with Gasteiger partial charge in [-0.15, -0.1) is 0 Å². The van der Waals surface area contributed by atoms with E-state index in [1.807, 2.05) is 0 Å². The van der Waals surface area contributed by atoms with Crippen molar-refractivity contribution in [2.45, 2.75) is 37.6 Å². The fourth-order valence-corrected chi connectivity index (χ4v) is 2.37. The van der Waals surface area contributed by atoms with Gasteiger partial charge in [0, 0.05) is 6.07 Å². The third-order valence-electron chi connectivity index (χ3n) is 3.65. The molecule has 1 saturated heterocycles. The van der Waals surface area contributed by atoms with Crippen molar-refractivity contribution in [1.82, 2.24) is 0 Å². The molecule has 10 heteroatoms. The van der Waals surface area contributed by atoms with Crippen molar-refractivity contribution in [2.24, 2.45) is 0 Å². The second kappa shape index (κ2) is 6.79. The number of aliphatic hydroxyl groups excluding tert-OH is 4. The van der Waals surface area contributed by atoms with Gasteiger partial charge in [0.1, 0.15) is 35.7 Å². The molecule has 1 fully saturated rings. The topological polar surface area (TPSA) is 177 Å². The number of hydrogen-bond acceptors (Lipinski definition) is 10. The average Bonchev–Trinajstić information content (AvgIpc) is 2.50. The van der Waals surface area contributed by atoms with E-state index in [-0.39, 0.29) is 0 Å². The Morgan fingerprint density at radius 3 is 2.29 bits per heavy atom. The van der Waals surface area contributed by atoms with E-state index in [1.165, 1.54) is 0 Å². The molecule has 10 nitrogen and oxygen atoms in total. The van der Waals surface area contributed by atoms with Gasteiger partial charge in [0.15, 0.2) is 17.3 Å².